The standard InChI is InChI=1S/C14H19F3N2O/c1-2-13(20)12-6-5-11(8-18-12)19-7-3-4-10(9-19)14(15,16)17/h5-6,8,10,13,20H,2-4,7,9H2,1H3/t10?,13-/m1/s1. The highest BCUT2D eigenvalue weighted by Crippen LogP contribution is 2.34. The van der Waals surface area contributed by atoms with Crippen molar-refractivity contribution in [2.45, 2.75) is 38.5 Å². The second kappa shape index (κ2) is 5.99. The van der Waals surface area contributed by atoms with Gasteiger partial charge in [0.15, 0.2) is 0 Å². The van der Waals surface area contributed by atoms with Crippen LogP contribution in [-0.2, 0) is 0 Å². The predicted molar refractivity (Wildman–Crippen MR) is 70.5 cm³/mol. The predicted octanol–water partition coefficient (Wildman–Crippen LogP) is 3.30. The number of hydrogen-bond acceptors (Lipinski definition) is 3. The van der Waals surface area contributed by atoms with Crippen molar-refractivity contribution in [1.29, 1.82) is 0 Å². The molecular weight excluding hydrogens is 269 g/mol. The van der Waals surface area contributed by atoms with E-state index in [0.29, 0.717) is 30.8 Å². The van der Waals surface area contributed by atoms with Gasteiger partial charge < -0.3 is 10.0 Å². The molecule has 3 nitrogen and oxygen atoms in total. The van der Waals surface area contributed by atoms with Crippen molar-refractivity contribution in [3.8, 4) is 0 Å². The minimum absolute atomic E-state index is 0.0130. The monoisotopic (exact) mass is 288 g/mol. The van der Waals surface area contributed by atoms with Crippen LogP contribution in [0.1, 0.15) is 38.0 Å². The van der Waals surface area contributed by atoms with E-state index < -0.39 is 18.2 Å². The number of hydrogen-bond donors (Lipinski definition) is 1. The van der Waals surface area contributed by atoms with Crippen LogP contribution in [0.2, 0.25) is 0 Å². The van der Waals surface area contributed by atoms with Gasteiger partial charge in [-0.2, -0.15) is 13.2 Å². The highest BCUT2D eigenvalue weighted by atomic mass is 19.4. The summed E-state index contributed by atoms with van der Waals surface area (Å²) in [5, 5.41) is 9.65. The minimum atomic E-state index is -4.13. The van der Waals surface area contributed by atoms with E-state index in [1.165, 1.54) is 0 Å². The fraction of sp³-hybridized carbons (Fsp3) is 0.643. The molecule has 1 N–H and O–H groups in total. The number of nitrogens with zero attached hydrogens (tertiary/aromatic N) is 2. The Kier molecular flexibility index (Phi) is 4.52. The number of pyridine rings is 1. The maximum atomic E-state index is 12.8. The molecule has 20 heavy (non-hydrogen) atoms. The zero-order chi connectivity index (χ0) is 14.8. The Bertz CT molecular complexity index is 433. The number of aliphatic hydroxyl groups is 1. The topological polar surface area (TPSA) is 36.4 Å². The van der Waals surface area contributed by atoms with Gasteiger partial charge in [0.25, 0.3) is 0 Å². The first kappa shape index (κ1) is 15.1. The lowest BCUT2D eigenvalue weighted by Crippen LogP contribution is -2.41. The van der Waals surface area contributed by atoms with Crippen molar-refractivity contribution in [2.75, 3.05) is 18.0 Å². The highest BCUT2D eigenvalue weighted by Gasteiger charge is 2.41. The van der Waals surface area contributed by atoms with Crippen molar-refractivity contribution in [3.63, 3.8) is 0 Å². The van der Waals surface area contributed by atoms with Crippen LogP contribution < -0.4 is 4.90 Å². The number of alkyl halides is 3. The average Bonchev–Trinajstić information content (AvgIpc) is 2.46. The molecule has 2 rings (SSSR count). The zero-order valence-electron chi connectivity index (χ0n) is 11.4. The molecule has 0 radical (unpaired) electrons. The Morgan fingerprint density at radius 2 is 2.20 bits per heavy atom. The molecule has 0 spiro atoms. The summed E-state index contributed by atoms with van der Waals surface area (Å²) in [6, 6.07) is 3.42. The van der Waals surface area contributed by atoms with E-state index in [9.17, 15) is 18.3 Å². The molecule has 1 aromatic rings. The second-order valence-corrected chi connectivity index (χ2v) is 5.19. The molecule has 2 heterocycles. The summed E-state index contributed by atoms with van der Waals surface area (Å²) in [7, 11) is 0. The lowest BCUT2D eigenvalue weighted by atomic mass is 9.97. The van der Waals surface area contributed by atoms with E-state index in [1.54, 1.807) is 23.2 Å². The van der Waals surface area contributed by atoms with Crippen molar-refractivity contribution in [3.05, 3.63) is 24.0 Å². The molecule has 1 aliphatic rings. The van der Waals surface area contributed by atoms with Gasteiger partial charge >= 0.3 is 6.18 Å². The molecule has 0 aromatic carbocycles. The van der Waals surface area contributed by atoms with E-state index >= 15 is 0 Å². The van der Waals surface area contributed by atoms with Crippen molar-refractivity contribution in [1.82, 2.24) is 4.98 Å². The molecule has 0 bridgehead atoms. The van der Waals surface area contributed by atoms with Crippen LogP contribution in [0.15, 0.2) is 18.3 Å². The van der Waals surface area contributed by atoms with Crippen LogP contribution in [0.25, 0.3) is 0 Å². The molecule has 1 aliphatic heterocycles. The molecule has 0 saturated carbocycles. The first-order valence-electron chi connectivity index (χ1n) is 6.87. The fourth-order valence-corrected chi connectivity index (χ4v) is 2.47. The molecule has 2 atom stereocenters. The van der Waals surface area contributed by atoms with Crippen LogP contribution in [0, 0.1) is 5.92 Å². The Morgan fingerprint density at radius 3 is 2.75 bits per heavy atom. The molecular formula is C14H19F3N2O. The zero-order valence-corrected chi connectivity index (χ0v) is 11.4. The van der Waals surface area contributed by atoms with Gasteiger partial charge in [-0.1, -0.05) is 6.92 Å². The van der Waals surface area contributed by atoms with Gasteiger partial charge in [-0.05, 0) is 31.4 Å². The third kappa shape index (κ3) is 3.42. The van der Waals surface area contributed by atoms with E-state index in [2.05, 4.69) is 4.98 Å². The van der Waals surface area contributed by atoms with Crippen LogP contribution in [0.5, 0.6) is 0 Å². The number of halogens is 3. The average molecular weight is 288 g/mol. The van der Waals surface area contributed by atoms with Crippen LogP contribution in [0.4, 0.5) is 18.9 Å². The van der Waals surface area contributed by atoms with E-state index in [4.69, 9.17) is 0 Å². The lowest BCUT2D eigenvalue weighted by Gasteiger charge is -2.35. The molecule has 1 fully saturated rings. The summed E-state index contributed by atoms with van der Waals surface area (Å²) in [6.07, 6.45) is -1.92. The summed E-state index contributed by atoms with van der Waals surface area (Å²) in [6.45, 7) is 2.45. The van der Waals surface area contributed by atoms with Gasteiger partial charge in [-0.25, -0.2) is 0 Å². The number of rotatable bonds is 3. The van der Waals surface area contributed by atoms with E-state index in [-0.39, 0.29) is 13.0 Å². The Hall–Kier alpha value is -1.30. The summed E-state index contributed by atoms with van der Waals surface area (Å²) < 4.78 is 38.3. The van der Waals surface area contributed by atoms with Crippen LogP contribution in [-0.4, -0.2) is 29.4 Å². The van der Waals surface area contributed by atoms with Crippen LogP contribution in [0.3, 0.4) is 0 Å². The summed E-state index contributed by atoms with van der Waals surface area (Å²) in [4.78, 5) is 5.86. The van der Waals surface area contributed by atoms with Crippen molar-refractivity contribution >= 4 is 5.69 Å². The Morgan fingerprint density at radius 1 is 1.45 bits per heavy atom. The smallest absolute Gasteiger partial charge is 0.387 e. The molecule has 0 amide bonds. The van der Waals surface area contributed by atoms with E-state index in [0.717, 1.165) is 0 Å². The van der Waals surface area contributed by atoms with Gasteiger partial charge in [0, 0.05) is 13.1 Å². The number of aromatic nitrogens is 1. The van der Waals surface area contributed by atoms with Crippen LogP contribution >= 0.6 is 0 Å². The molecule has 1 aromatic heterocycles. The van der Waals surface area contributed by atoms with Gasteiger partial charge in [-0.15, -0.1) is 0 Å². The van der Waals surface area contributed by atoms with Crippen molar-refractivity contribution in [2.24, 2.45) is 5.92 Å². The Balaban J connectivity index is 2.07. The normalized spacial score (nSPS) is 21.9. The number of anilines is 1. The van der Waals surface area contributed by atoms with E-state index in [1.807, 2.05) is 6.92 Å². The summed E-state index contributed by atoms with van der Waals surface area (Å²) >= 11 is 0. The Labute approximate surface area is 116 Å². The first-order valence-corrected chi connectivity index (χ1v) is 6.87. The largest absolute Gasteiger partial charge is 0.393 e. The molecule has 6 heteroatoms. The maximum absolute atomic E-state index is 12.8. The van der Waals surface area contributed by atoms with Gasteiger partial charge in [-0.3, -0.25) is 4.98 Å². The fourth-order valence-electron chi connectivity index (χ4n) is 2.47. The highest BCUT2D eigenvalue weighted by molar-refractivity contribution is 5.45. The molecule has 112 valence electrons. The maximum Gasteiger partial charge on any atom is 0.393 e. The lowest BCUT2D eigenvalue weighted by molar-refractivity contribution is -0.175. The summed E-state index contributed by atoms with van der Waals surface area (Å²) in [5.74, 6) is -1.27. The number of aliphatic hydroxyl groups excluding tert-OH is 1. The third-order valence-electron chi connectivity index (χ3n) is 3.75. The SMILES string of the molecule is CC[C@@H](O)c1ccc(N2CCCC(C(F)(F)F)C2)cn1. The quantitative estimate of drug-likeness (QED) is 0.927. The number of piperidine rings is 1. The molecule has 1 saturated heterocycles. The third-order valence-corrected chi connectivity index (χ3v) is 3.75. The second-order valence-electron chi connectivity index (χ2n) is 5.19. The van der Waals surface area contributed by atoms with Gasteiger partial charge in [0.2, 0.25) is 0 Å². The molecule has 0 aliphatic carbocycles. The van der Waals surface area contributed by atoms with Gasteiger partial charge in [0.1, 0.15) is 0 Å². The minimum Gasteiger partial charge on any atom is -0.387 e. The summed E-state index contributed by atoms with van der Waals surface area (Å²) in [5.41, 5.74) is 1.24. The first-order chi connectivity index (χ1) is 9.41. The molecule has 1 unspecified atom stereocenters. The van der Waals surface area contributed by atoms with Crippen molar-refractivity contribution < 1.29 is 18.3 Å². The van der Waals surface area contributed by atoms with Gasteiger partial charge in [0.05, 0.1) is 29.6 Å².